The van der Waals surface area contributed by atoms with E-state index in [-0.39, 0.29) is 49.2 Å². The van der Waals surface area contributed by atoms with Crippen LogP contribution in [0.5, 0.6) is 0 Å². The zero-order valence-electron chi connectivity index (χ0n) is 31.4. The summed E-state index contributed by atoms with van der Waals surface area (Å²) < 4.78 is 43.0. The number of fused-ring (bicyclic) bond motifs is 1. The van der Waals surface area contributed by atoms with Crippen molar-refractivity contribution in [1.82, 2.24) is 14.8 Å². The number of carboxylic acids is 1. The van der Waals surface area contributed by atoms with Gasteiger partial charge in [-0.3, -0.25) is 4.79 Å². The highest BCUT2D eigenvalue weighted by Crippen LogP contribution is 2.27. The van der Waals surface area contributed by atoms with Crippen LogP contribution in [0.15, 0.2) is 89.6 Å². The Balaban J connectivity index is 1.07. The molecule has 3 aromatic carbocycles. The molecule has 1 fully saturated rings. The molecule has 1 aromatic heterocycles. The molecule has 0 radical (unpaired) electrons. The molecule has 2 amide bonds. The summed E-state index contributed by atoms with van der Waals surface area (Å²) >= 11 is 0. The summed E-state index contributed by atoms with van der Waals surface area (Å²) in [4.78, 5) is 52.8. The number of nitrogens with one attached hydrogen (secondary N) is 2. The molecule has 4 aromatic rings. The number of amides is 2. The van der Waals surface area contributed by atoms with Crippen molar-refractivity contribution < 1.29 is 37.7 Å². The van der Waals surface area contributed by atoms with E-state index in [4.69, 9.17) is 9.47 Å². The number of aromatic carboxylic acids is 1. The molecule has 12 nitrogen and oxygen atoms in total. The van der Waals surface area contributed by atoms with E-state index in [0.29, 0.717) is 31.7 Å². The summed E-state index contributed by atoms with van der Waals surface area (Å²) in [6.07, 6.45) is 1.58. The Bertz CT molecular complexity index is 2060. The molecule has 0 bridgehead atoms. The highest BCUT2D eigenvalue weighted by Gasteiger charge is 2.26. The van der Waals surface area contributed by atoms with Crippen molar-refractivity contribution in [3.63, 3.8) is 0 Å². The summed E-state index contributed by atoms with van der Waals surface area (Å²) in [5.41, 5.74) is 1.95. The van der Waals surface area contributed by atoms with Crippen molar-refractivity contribution in [1.29, 1.82) is 0 Å². The Kier molecular flexibility index (Phi) is 13.5. The van der Waals surface area contributed by atoms with Crippen LogP contribution >= 0.6 is 0 Å². The summed E-state index contributed by atoms with van der Waals surface area (Å²) in [7, 11) is 0. The SMILES string of the molecule is CCn1cc(C(=O)O)c(=O)c2cc(F)c(N3CCN(C(=O)OCc4ccc(NC[C@H](C)/C=C(/F)[C@@H](NC(=O)OCc5ccccc5)C(C)C)cc4)CC3)cc21. The van der Waals surface area contributed by atoms with Gasteiger partial charge in [-0.1, -0.05) is 63.2 Å². The number of carbonyl (C=O) groups is 3. The minimum absolute atomic E-state index is 0.00343. The van der Waals surface area contributed by atoms with Crippen molar-refractivity contribution >= 4 is 40.4 Å². The van der Waals surface area contributed by atoms with Gasteiger partial charge in [0.15, 0.2) is 0 Å². The molecule has 0 aliphatic carbocycles. The summed E-state index contributed by atoms with van der Waals surface area (Å²) in [5.74, 6) is -2.86. The zero-order valence-corrected chi connectivity index (χ0v) is 31.4. The fourth-order valence-electron chi connectivity index (χ4n) is 6.30. The second kappa shape index (κ2) is 18.4. The van der Waals surface area contributed by atoms with Crippen molar-refractivity contribution in [2.75, 3.05) is 42.9 Å². The van der Waals surface area contributed by atoms with Crippen LogP contribution in [0, 0.1) is 17.7 Å². The number of ether oxygens (including phenoxy) is 2. The van der Waals surface area contributed by atoms with Crippen molar-refractivity contribution in [2.45, 2.75) is 53.5 Å². The third-order valence-corrected chi connectivity index (χ3v) is 9.44. The van der Waals surface area contributed by atoms with Crippen molar-refractivity contribution in [2.24, 2.45) is 11.8 Å². The van der Waals surface area contributed by atoms with Gasteiger partial charge in [0.05, 0.1) is 17.2 Å². The Hall–Kier alpha value is -5.92. The lowest BCUT2D eigenvalue weighted by atomic mass is 10.0. The van der Waals surface area contributed by atoms with E-state index in [9.17, 15) is 24.3 Å². The molecule has 0 unspecified atom stereocenters. The Morgan fingerprint density at radius 1 is 0.927 bits per heavy atom. The van der Waals surface area contributed by atoms with E-state index in [1.807, 2.05) is 75.4 Å². The van der Waals surface area contributed by atoms with Gasteiger partial charge in [-0.15, -0.1) is 0 Å². The average molecular weight is 760 g/mol. The van der Waals surface area contributed by atoms with E-state index < -0.39 is 46.8 Å². The maximum absolute atomic E-state index is 15.3. The molecule has 292 valence electrons. The number of carbonyl (C=O) groups excluding carboxylic acids is 2. The fraction of sp³-hybridized carbons (Fsp3) is 0.366. The number of pyridine rings is 1. The third-order valence-electron chi connectivity index (χ3n) is 9.44. The Labute approximate surface area is 318 Å². The number of nitrogens with zero attached hydrogens (tertiary/aromatic N) is 3. The van der Waals surface area contributed by atoms with Crippen LogP contribution in [-0.4, -0.2) is 71.5 Å². The molecule has 3 N–H and O–H groups in total. The van der Waals surface area contributed by atoms with Crippen LogP contribution in [0.25, 0.3) is 10.9 Å². The molecule has 2 heterocycles. The highest BCUT2D eigenvalue weighted by molar-refractivity contribution is 5.93. The fourth-order valence-corrected chi connectivity index (χ4v) is 6.30. The number of rotatable bonds is 14. The number of piperazine rings is 1. The number of alkyl carbamates (subject to hydrolysis) is 1. The van der Waals surface area contributed by atoms with Crippen LogP contribution in [0.2, 0.25) is 0 Å². The standard InChI is InChI=1S/C41H47F2N5O7/c1-5-46-23-32(39(50)51)38(49)31-20-33(42)36(21-35(31)46)47-15-17-48(18-16-47)41(53)55-25-29-11-13-30(14-12-29)44-22-27(4)19-34(43)37(26(2)3)45-40(52)54-24-28-9-7-6-8-10-28/h6-14,19-21,23,26-27,37,44H,5,15-18,22,24-25H2,1-4H3,(H,45,52)(H,50,51)/b34-19+/t27-,37+/m1/s1. The van der Waals surface area contributed by atoms with Crippen LogP contribution < -0.4 is 21.0 Å². The number of aromatic nitrogens is 1. The maximum atomic E-state index is 15.3. The third kappa shape index (κ3) is 10.4. The van der Waals surface area contributed by atoms with Crippen LogP contribution in [0.1, 0.15) is 49.2 Å². The molecule has 2 atom stereocenters. The maximum Gasteiger partial charge on any atom is 0.410 e. The normalized spacial score (nSPS) is 14.4. The van der Waals surface area contributed by atoms with Crippen LogP contribution in [0.3, 0.4) is 0 Å². The van der Waals surface area contributed by atoms with E-state index in [1.165, 1.54) is 12.3 Å². The molecule has 1 saturated heterocycles. The minimum atomic E-state index is -1.37. The topological polar surface area (TPSA) is 142 Å². The van der Waals surface area contributed by atoms with Crippen LogP contribution in [-0.2, 0) is 29.2 Å². The predicted octanol–water partition coefficient (Wildman–Crippen LogP) is 7.17. The van der Waals surface area contributed by atoms with Gasteiger partial charge >= 0.3 is 18.2 Å². The first-order valence-electron chi connectivity index (χ1n) is 18.3. The van der Waals surface area contributed by atoms with E-state index >= 15 is 8.78 Å². The molecular formula is C41H47F2N5O7. The Morgan fingerprint density at radius 3 is 2.22 bits per heavy atom. The first-order valence-corrected chi connectivity index (χ1v) is 18.3. The van der Waals surface area contributed by atoms with Gasteiger partial charge in [0.25, 0.3) is 0 Å². The van der Waals surface area contributed by atoms with Crippen LogP contribution in [0.4, 0.5) is 29.7 Å². The molecule has 5 rings (SSSR count). The van der Waals surface area contributed by atoms with Gasteiger partial charge in [-0.25, -0.2) is 23.2 Å². The van der Waals surface area contributed by atoms with Gasteiger partial charge in [0.1, 0.15) is 30.4 Å². The summed E-state index contributed by atoms with van der Waals surface area (Å²) in [6.45, 7) is 9.51. The summed E-state index contributed by atoms with van der Waals surface area (Å²) in [5, 5.41) is 15.3. The molecule has 0 spiro atoms. The second-order valence-electron chi connectivity index (χ2n) is 13.8. The number of halogens is 2. The molecule has 1 aliphatic rings. The first kappa shape index (κ1) is 40.3. The quantitative estimate of drug-likeness (QED) is 0.122. The molecule has 55 heavy (non-hydrogen) atoms. The minimum Gasteiger partial charge on any atom is -0.477 e. The molecule has 1 aliphatic heterocycles. The number of hydrogen-bond acceptors (Lipinski definition) is 8. The largest absolute Gasteiger partial charge is 0.477 e. The smallest absolute Gasteiger partial charge is 0.410 e. The lowest BCUT2D eigenvalue weighted by Crippen LogP contribution is -2.49. The van der Waals surface area contributed by atoms with Crippen molar-refractivity contribution in [3.8, 4) is 0 Å². The summed E-state index contributed by atoms with van der Waals surface area (Å²) in [6, 6.07) is 18.4. The van der Waals surface area contributed by atoms with Gasteiger partial charge in [0.2, 0.25) is 5.43 Å². The lowest BCUT2D eigenvalue weighted by molar-refractivity contribution is 0.0694. The number of benzene rings is 3. The van der Waals surface area contributed by atoms with Gasteiger partial charge in [-0.2, -0.15) is 0 Å². The van der Waals surface area contributed by atoms with E-state index in [1.54, 1.807) is 27.4 Å². The monoisotopic (exact) mass is 759 g/mol. The number of anilines is 2. The predicted molar refractivity (Wildman–Crippen MR) is 206 cm³/mol. The van der Waals surface area contributed by atoms with E-state index in [0.717, 1.165) is 22.9 Å². The molecular weight excluding hydrogens is 712 g/mol. The zero-order chi connectivity index (χ0) is 39.6. The first-order chi connectivity index (χ1) is 26.3. The highest BCUT2D eigenvalue weighted by atomic mass is 19.1. The van der Waals surface area contributed by atoms with Crippen molar-refractivity contribution in [3.05, 3.63) is 118 Å². The Morgan fingerprint density at radius 2 is 1.58 bits per heavy atom. The number of hydrogen-bond donors (Lipinski definition) is 3. The average Bonchev–Trinajstić information content (AvgIpc) is 3.18. The molecule has 0 saturated carbocycles. The number of aryl methyl sites for hydroxylation is 1. The molecule has 14 heteroatoms. The van der Waals surface area contributed by atoms with E-state index in [2.05, 4.69) is 10.6 Å². The lowest BCUT2D eigenvalue weighted by Gasteiger charge is -2.35. The van der Waals surface area contributed by atoms with Gasteiger partial charge < -0.3 is 39.6 Å². The van der Waals surface area contributed by atoms with Gasteiger partial charge in [0, 0.05) is 56.5 Å². The van der Waals surface area contributed by atoms with Gasteiger partial charge in [-0.05, 0) is 60.2 Å². The second-order valence-corrected chi connectivity index (χ2v) is 13.8. The number of carboxylic acid groups (broad SMARTS) is 1.